The molecule has 2 atom stereocenters. The largest absolute Gasteiger partial charge is 0.481 e. The second-order valence-corrected chi connectivity index (χ2v) is 6.30. The minimum atomic E-state index is -0.771. The zero-order valence-electron chi connectivity index (χ0n) is 13.2. The molecule has 1 saturated heterocycles. The summed E-state index contributed by atoms with van der Waals surface area (Å²) in [5, 5.41) is 9.03. The van der Waals surface area contributed by atoms with Crippen molar-refractivity contribution in [2.75, 3.05) is 27.2 Å². The van der Waals surface area contributed by atoms with Gasteiger partial charge in [0.15, 0.2) is 0 Å². The molecule has 0 spiro atoms. The molecule has 0 aliphatic carbocycles. The summed E-state index contributed by atoms with van der Waals surface area (Å²) in [6.07, 6.45) is 2.52. The van der Waals surface area contributed by atoms with Crippen molar-refractivity contribution in [3.63, 3.8) is 0 Å². The molecular weight excluding hydrogens is 264 g/mol. The molecule has 1 N–H and O–H groups in total. The average Bonchev–Trinajstić information content (AvgIpc) is 2.47. The topological polar surface area (TPSA) is 43.8 Å². The molecule has 0 radical (unpaired) electrons. The van der Waals surface area contributed by atoms with Gasteiger partial charge in [0.1, 0.15) is 0 Å². The van der Waals surface area contributed by atoms with Crippen LogP contribution < -0.4 is 0 Å². The fourth-order valence-corrected chi connectivity index (χ4v) is 2.91. The Kier molecular flexibility index (Phi) is 5.37. The summed E-state index contributed by atoms with van der Waals surface area (Å²) < 4.78 is 0. The number of carboxylic acid groups (broad SMARTS) is 1. The maximum atomic E-state index is 11.0. The van der Waals surface area contributed by atoms with Crippen molar-refractivity contribution in [3.8, 4) is 0 Å². The van der Waals surface area contributed by atoms with E-state index >= 15 is 0 Å². The van der Waals surface area contributed by atoms with E-state index in [-0.39, 0.29) is 0 Å². The number of nitrogens with zero attached hydrogens (tertiary/aromatic N) is 2. The summed E-state index contributed by atoms with van der Waals surface area (Å²) in [7, 11) is 4.30. The molecule has 0 amide bonds. The maximum absolute atomic E-state index is 11.0. The first-order valence-corrected chi connectivity index (χ1v) is 7.68. The highest BCUT2D eigenvalue weighted by Crippen LogP contribution is 2.19. The van der Waals surface area contributed by atoms with Gasteiger partial charge < -0.3 is 10.0 Å². The lowest BCUT2D eigenvalue weighted by molar-refractivity contribution is -0.138. The smallest absolute Gasteiger partial charge is 0.310 e. The third-order valence-corrected chi connectivity index (χ3v) is 4.47. The summed E-state index contributed by atoms with van der Waals surface area (Å²) in [6.45, 7) is 4.94. The number of hydrogen-bond acceptors (Lipinski definition) is 3. The van der Waals surface area contributed by atoms with Gasteiger partial charge in [-0.05, 0) is 51.5 Å². The second-order valence-electron chi connectivity index (χ2n) is 6.30. The van der Waals surface area contributed by atoms with Gasteiger partial charge in [-0.2, -0.15) is 0 Å². The first-order valence-electron chi connectivity index (χ1n) is 7.68. The molecule has 1 aromatic rings. The normalized spacial score (nSPS) is 21.4. The summed E-state index contributed by atoms with van der Waals surface area (Å²) in [5.74, 6) is -1.21. The Bertz CT molecular complexity index is 470. The van der Waals surface area contributed by atoms with E-state index in [1.165, 1.54) is 18.4 Å². The number of likely N-dealkylation sites (tertiary alicyclic amines) is 1. The molecule has 4 heteroatoms. The first kappa shape index (κ1) is 16.0. The molecule has 1 aliphatic rings. The van der Waals surface area contributed by atoms with Crippen molar-refractivity contribution >= 4 is 5.97 Å². The number of hydrogen-bond donors (Lipinski definition) is 1. The second kappa shape index (κ2) is 7.05. The summed E-state index contributed by atoms with van der Waals surface area (Å²) >= 11 is 0. The van der Waals surface area contributed by atoms with Gasteiger partial charge in [0.05, 0.1) is 5.92 Å². The van der Waals surface area contributed by atoms with E-state index in [4.69, 9.17) is 5.11 Å². The Hall–Kier alpha value is -1.39. The highest BCUT2D eigenvalue weighted by atomic mass is 16.4. The van der Waals surface area contributed by atoms with E-state index in [1.807, 2.05) is 12.1 Å². The van der Waals surface area contributed by atoms with Crippen LogP contribution >= 0.6 is 0 Å². The Labute approximate surface area is 127 Å². The number of benzene rings is 1. The lowest BCUT2D eigenvalue weighted by atomic mass is 9.99. The highest BCUT2D eigenvalue weighted by Gasteiger charge is 2.21. The van der Waals surface area contributed by atoms with Crippen molar-refractivity contribution in [2.45, 2.75) is 38.3 Å². The molecule has 0 bridgehead atoms. The van der Waals surface area contributed by atoms with Crippen LogP contribution in [0.4, 0.5) is 0 Å². The van der Waals surface area contributed by atoms with E-state index in [0.29, 0.717) is 6.04 Å². The van der Waals surface area contributed by atoms with Gasteiger partial charge >= 0.3 is 5.97 Å². The number of rotatable bonds is 5. The van der Waals surface area contributed by atoms with Crippen LogP contribution in [-0.4, -0.2) is 54.1 Å². The third kappa shape index (κ3) is 4.29. The number of aliphatic carboxylic acids is 1. The van der Waals surface area contributed by atoms with E-state index in [2.05, 4.69) is 36.0 Å². The van der Waals surface area contributed by atoms with Crippen LogP contribution in [0.5, 0.6) is 0 Å². The van der Waals surface area contributed by atoms with Gasteiger partial charge in [-0.3, -0.25) is 9.69 Å². The van der Waals surface area contributed by atoms with Gasteiger partial charge in [0.25, 0.3) is 0 Å². The van der Waals surface area contributed by atoms with Crippen LogP contribution in [0, 0.1) is 0 Å². The van der Waals surface area contributed by atoms with E-state index in [9.17, 15) is 4.79 Å². The molecular formula is C17H26N2O2. The monoisotopic (exact) mass is 290 g/mol. The Balaban J connectivity index is 1.95. The van der Waals surface area contributed by atoms with Gasteiger partial charge in [0.2, 0.25) is 0 Å². The van der Waals surface area contributed by atoms with Gasteiger partial charge in [-0.1, -0.05) is 24.3 Å². The summed E-state index contributed by atoms with van der Waals surface area (Å²) in [4.78, 5) is 15.8. The van der Waals surface area contributed by atoms with Gasteiger partial charge in [-0.15, -0.1) is 0 Å². The average molecular weight is 290 g/mol. The molecule has 2 rings (SSSR count). The lowest BCUT2D eigenvalue weighted by Gasteiger charge is -2.36. The molecule has 21 heavy (non-hydrogen) atoms. The van der Waals surface area contributed by atoms with Crippen molar-refractivity contribution in [1.82, 2.24) is 9.80 Å². The first-order chi connectivity index (χ1) is 9.97. The number of carboxylic acids is 1. The highest BCUT2D eigenvalue weighted by molar-refractivity contribution is 5.75. The maximum Gasteiger partial charge on any atom is 0.310 e. The summed E-state index contributed by atoms with van der Waals surface area (Å²) in [5.41, 5.74) is 2.13. The molecule has 4 nitrogen and oxygen atoms in total. The third-order valence-electron chi connectivity index (χ3n) is 4.47. The van der Waals surface area contributed by atoms with Crippen LogP contribution in [0.25, 0.3) is 0 Å². The molecule has 0 saturated carbocycles. The molecule has 116 valence electrons. The molecule has 1 aromatic carbocycles. The Morgan fingerprint density at radius 2 is 2.05 bits per heavy atom. The van der Waals surface area contributed by atoms with Crippen LogP contribution in [-0.2, 0) is 11.3 Å². The minimum absolute atomic E-state index is 0.438. The minimum Gasteiger partial charge on any atom is -0.481 e. The Morgan fingerprint density at radius 3 is 2.62 bits per heavy atom. The van der Waals surface area contributed by atoms with Gasteiger partial charge in [-0.25, -0.2) is 0 Å². The molecule has 1 heterocycles. The standard InChI is InChI=1S/C17H26N2O2/c1-13(17(20)21)15-8-6-14(7-9-15)11-19-10-4-5-16(12-19)18(2)3/h6-9,13,16H,4-5,10-12H2,1-3H3,(H,20,21). The molecule has 2 unspecified atom stereocenters. The zero-order valence-corrected chi connectivity index (χ0v) is 13.2. The van der Waals surface area contributed by atoms with Crippen molar-refractivity contribution < 1.29 is 9.90 Å². The number of piperidine rings is 1. The van der Waals surface area contributed by atoms with Crippen LogP contribution in [0.3, 0.4) is 0 Å². The zero-order chi connectivity index (χ0) is 15.4. The van der Waals surface area contributed by atoms with E-state index in [1.54, 1.807) is 6.92 Å². The molecule has 1 aliphatic heterocycles. The predicted molar refractivity (Wildman–Crippen MR) is 84.5 cm³/mol. The van der Waals surface area contributed by atoms with E-state index in [0.717, 1.165) is 25.2 Å². The van der Waals surface area contributed by atoms with Gasteiger partial charge in [0, 0.05) is 19.1 Å². The van der Waals surface area contributed by atoms with Crippen LogP contribution in [0.15, 0.2) is 24.3 Å². The van der Waals surface area contributed by atoms with Crippen LogP contribution in [0.2, 0.25) is 0 Å². The molecule has 0 aromatic heterocycles. The van der Waals surface area contributed by atoms with Crippen molar-refractivity contribution in [2.24, 2.45) is 0 Å². The molecule has 1 fully saturated rings. The fraction of sp³-hybridized carbons (Fsp3) is 0.588. The SMILES string of the molecule is CC(C(=O)O)c1ccc(CN2CCCC(N(C)C)C2)cc1. The van der Waals surface area contributed by atoms with Crippen LogP contribution in [0.1, 0.15) is 36.8 Å². The fourth-order valence-electron chi connectivity index (χ4n) is 2.91. The lowest BCUT2D eigenvalue weighted by Crippen LogP contribution is -2.44. The predicted octanol–water partition coefficient (Wildman–Crippen LogP) is 2.40. The van der Waals surface area contributed by atoms with Crippen molar-refractivity contribution in [1.29, 1.82) is 0 Å². The summed E-state index contributed by atoms with van der Waals surface area (Å²) in [6, 6.07) is 8.66. The number of carbonyl (C=O) groups is 1. The van der Waals surface area contributed by atoms with E-state index < -0.39 is 11.9 Å². The van der Waals surface area contributed by atoms with Crippen molar-refractivity contribution in [3.05, 3.63) is 35.4 Å². The quantitative estimate of drug-likeness (QED) is 0.904. The number of likely N-dealkylation sites (N-methyl/N-ethyl adjacent to an activating group) is 1. The Morgan fingerprint density at radius 1 is 1.38 bits per heavy atom.